The van der Waals surface area contributed by atoms with E-state index in [1.807, 2.05) is 0 Å². The molecule has 2 N–H and O–H groups in total. The van der Waals surface area contributed by atoms with Crippen molar-refractivity contribution in [3.8, 4) is 11.5 Å². The number of hydrogen-bond donors (Lipinski definition) is 1. The van der Waals surface area contributed by atoms with Gasteiger partial charge in [-0.15, -0.1) is 0 Å². The van der Waals surface area contributed by atoms with Crippen molar-refractivity contribution in [2.24, 2.45) is 5.73 Å². The molecule has 0 saturated heterocycles. The van der Waals surface area contributed by atoms with Gasteiger partial charge < -0.3 is 20.1 Å². The second-order valence-corrected chi connectivity index (χ2v) is 3.97. The molecule has 1 aromatic carbocycles. The molecule has 1 amide bonds. The predicted molar refractivity (Wildman–Crippen MR) is 70.5 cm³/mol. The average molecular weight is 288 g/mol. The number of rotatable bonds is 7. The predicted octanol–water partition coefficient (Wildman–Crippen LogP) is 1.37. The van der Waals surface area contributed by atoms with Crippen LogP contribution in [0.3, 0.4) is 0 Å². The first kappa shape index (κ1) is 16.2. The van der Waals surface area contributed by atoms with Crippen molar-refractivity contribution in [2.45, 2.75) is 6.43 Å². The number of para-hydroxylation sites is 1. The normalized spacial score (nSPS) is 10.5. The Balaban J connectivity index is 3.10. The van der Waals surface area contributed by atoms with Gasteiger partial charge in [-0.25, -0.2) is 8.78 Å². The van der Waals surface area contributed by atoms with E-state index < -0.39 is 18.9 Å². The summed E-state index contributed by atoms with van der Waals surface area (Å²) >= 11 is 0. The van der Waals surface area contributed by atoms with Crippen LogP contribution in [0.4, 0.5) is 8.78 Å². The lowest BCUT2D eigenvalue weighted by Crippen LogP contribution is -2.38. The van der Waals surface area contributed by atoms with Gasteiger partial charge in [-0.05, 0) is 12.1 Å². The highest BCUT2D eigenvalue weighted by Gasteiger charge is 2.23. The first-order chi connectivity index (χ1) is 9.54. The second-order valence-electron chi connectivity index (χ2n) is 3.97. The molecule has 0 radical (unpaired) electrons. The molecule has 0 bridgehead atoms. The zero-order valence-corrected chi connectivity index (χ0v) is 11.4. The van der Waals surface area contributed by atoms with Gasteiger partial charge in [0.1, 0.15) is 0 Å². The van der Waals surface area contributed by atoms with Crippen LogP contribution in [0.25, 0.3) is 0 Å². The summed E-state index contributed by atoms with van der Waals surface area (Å²) in [4.78, 5) is 13.3. The first-order valence-electron chi connectivity index (χ1n) is 6.03. The number of carbonyl (C=O) groups is 1. The molecule has 0 aliphatic carbocycles. The molecule has 5 nitrogen and oxygen atoms in total. The molecule has 0 unspecified atom stereocenters. The number of alkyl halides is 2. The Kier molecular flexibility index (Phi) is 6.17. The number of halogens is 2. The fraction of sp³-hybridized carbons (Fsp3) is 0.462. The lowest BCUT2D eigenvalue weighted by Gasteiger charge is -2.23. The zero-order chi connectivity index (χ0) is 15.1. The number of methoxy groups -OCH3 is 2. The highest BCUT2D eigenvalue weighted by molar-refractivity contribution is 5.97. The number of nitrogens with two attached hydrogens (primary N) is 1. The Morgan fingerprint density at radius 1 is 1.35 bits per heavy atom. The molecule has 0 aliphatic heterocycles. The number of benzene rings is 1. The van der Waals surface area contributed by atoms with Crippen LogP contribution in [-0.4, -0.2) is 51.1 Å². The number of carbonyl (C=O) groups excluding carboxylic acids is 1. The van der Waals surface area contributed by atoms with Crippen LogP contribution in [0, 0.1) is 0 Å². The summed E-state index contributed by atoms with van der Waals surface area (Å²) < 4.78 is 35.3. The third kappa shape index (κ3) is 3.80. The summed E-state index contributed by atoms with van der Waals surface area (Å²) in [6.45, 7) is -0.523. The van der Waals surface area contributed by atoms with Gasteiger partial charge in [-0.3, -0.25) is 4.79 Å². The summed E-state index contributed by atoms with van der Waals surface area (Å²) in [5, 5.41) is 0. The second kappa shape index (κ2) is 7.64. The van der Waals surface area contributed by atoms with E-state index >= 15 is 0 Å². The molecule has 0 saturated carbocycles. The van der Waals surface area contributed by atoms with Crippen molar-refractivity contribution in [1.29, 1.82) is 0 Å². The lowest BCUT2D eigenvalue weighted by atomic mass is 10.1. The van der Waals surface area contributed by atoms with E-state index in [0.29, 0.717) is 5.75 Å². The fourth-order valence-corrected chi connectivity index (χ4v) is 1.82. The van der Waals surface area contributed by atoms with Crippen molar-refractivity contribution in [3.05, 3.63) is 23.8 Å². The number of hydrogen-bond acceptors (Lipinski definition) is 4. The van der Waals surface area contributed by atoms with Crippen LogP contribution < -0.4 is 15.2 Å². The Labute approximate surface area is 116 Å². The summed E-state index contributed by atoms with van der Waals surface area (Å²) in [5.74, 6) is 0.0193. The van der Waals surface area contributed by atoms with Gasteiger partial charge >= 0.3 is 0 Å². The van der Waals surface area contributed by atoms with Gasteiger partial charge in [0.25, 0.3) is 12.3 Å². The third-order valence-corrected chi connectivity index (χ3v) is 2.68. The molecule has 0 spiro atoms. The summed E-state index contributed by atoms with van der Waals surface area (Å²) in [6, 6.07) is 4.71. The number of ether oxygens (including phenoxy) is 2. The van der Waals surface area contributed by atoms with Crippen molar-refractivity contribution in [3.63, 3.8) is 0 Å². The van der Waals surface area contributed by atoms with Gasteiger partial charge in [0.2, 0.25) is 0 Å². The maximum atomic E-state index is 12.5. The zero-order valence-electron chi connectivity index (χ0n) is 11.4. The van der Waals surface area contributed by atoms with Gasteiger partial charge in [0.05, 0.1) is 26.3 Å². The number of amides is 1. The van der Waals surface area contributed by atoms with Crippen molar-refractivity contribution < 1.29 is 23.0 Å². The molecule has 0 atom stereocenters. The van der Waals surface area contributed by atoms with Crippen LogP contribution in [-0.2, 0) is 0 Å². The lowest BCUT2D eigenvalue weighted by molar-refractivity contribution is 0.0559. The van der Waals surface area contributed by atoms with Crippen LogP contribution in [0.1, 0.15) is 10.4 Å². The monoisotopic (exact) mass is 288 g/mol. The summed E-state index contributed by atoms with van der Waals surface area (Å²) in [6.07, 6.45) is -2.62. The Hall–Kier alpha value is -1.89. The van der Waals surface area contributed by atoms with E-state index in [0.717, 1.165) is 4.90 Å². The first-order valence-corrected chi connectivity index (χ1v) is 6.03. The van der Waals surface area contributed by atoms with Crippen LogP contribution in [0.2, 0.25) is 0 Å². The van der Waals surface area contributed by atoms with E-state index in [9.17, 15) is 13.6 Å². The third-order valence-electron chi connectivity index (χ3n) is 2.68. The van der Waals surface area contributed by atoms with Crippen molar-refractivity contribution in [1.82, 2.24) is 4.90 Å². The van der Waals surface area contributed by atoms with E-state index in [-0.39, 0.29) is 24.4 Å². The molecule has 20 heavy (non-hydrogen) atoms. The maximum absolute atomic E-state index is 12.5. The van der Waals surface area contributed by atoms with Crippen molar-refractivity contribution in [2.75, 3.05) is 33.9 Å². The number of nitrogens with zero attached hydrogens (tertiary/aromatic N) is 1. The van der Waals surface area contributed by atoms with Gasteiger partial charge in [-0.2, -0.15) is 0 Å². The minimum absolute atomic E-state index is 0.0452. The van der Waals surface area contributed by atoms with Crippen LogP contribution in [0.15, 0.2) is 18.2 Å². The van der Waals surface area contributed by atoms with Gasteiger partial charge in [-0.1, -0.05) is 6.07 Å². The smallest absolute Gasteiger partial charge is 0.258 e. The SMILES string of the molecule is COc1cccc(C(=O)N(CCN)CC(F)F)c1OC. The van der Waals surface area contributed by atoms with E-state index in [1.165, 1.54) is 20.3 Å². The Bertz CT molecular complexity index is 455. The molecule has 0 aliphatic rings. The summed E-state index contributed by atoms with van der Waals surface area (Å²) in [5.41, 5.74) is 5.52. The minimum atomic E-state index is -2.62. The molecule has 1 rings (SSSR count). The van der Waals surface area contributed by atoms with Gasteiger partial charge in [0, 0.05) is 13.1 Å². The molecule has 1 aromatic rings. The molecule has 0 heterocycles. The Morgan fingerprint density at radius 2 is 2.05 bits per heavy atom. The Morgan fingerprint density at radius 3 is 2.55 bits per heavy atom. The fourth-order valence-electron chi connectivity index (χ4n) is 1.82. The minimum Gasteiger partial charge on any atom is -0.493 e. The largest absolute Gasteiger partial charge is 0.493 e. The quantitative estimate of drug-likeness (QED) is 0.823. The highest BCUT2D eigenvalue weighted by atomic mass is 19.3. The standard InChI is InChI=1S/C13H18F2N2O3/c1-19-10-5-3-4-9(12(10)20-2)13(18)17(7-6-16)8-11(14)15/h3-5,11H,6-8,16H2,1-2H3. The van der Waals surface area contributed by atoms with E-state index in [2.05, 4.69) is 0 Å². The van der Waals surface area contributed by atoms with Gasteiger partial charge in [0.15, 0.2) is 11.5 Å². The van der Waals surface area contributed by atoms with Crippen molar-refractivity contribution >= 4 is 5.91 Å². The van der Waals surface area contributed by atoms with E-state index in [4.69, 9.17) is 15.2 Å². The topological polar surface area (TPSA) is 64.8 Å². The molecule has 7 heteroatoms. The molecular formula is C13H18F2N2O3. The average Bonchev–Trinajstić information content (AvgIpc) is 2.44. The molecular weight excluding hydrogens is 270 g/mol. The molecule has 112 valence electrons. The molecule has 0 fully saturated rings. The highest BCUT2D eigenvalue weighted by Crippen LogP contribution is 2.31. The molecule has 0 aromatic heterocycles. The van der Waals surface area contributed by atoms with Crippen LogP contribution in [0.5, 0.6) is 11.5 Å². The maximum Gasteiger partial charge on any atom is 0.258 e. The van der Waals surface area contributed by atoms with Crippen LogP contribution >= 0.6 is 0 Å². The summed E-state index contributed by atoms with van der Waals surface area (Å²) in [7, 11) is 2.82. The van der Waals surface area contributed by atoms with E-state index in [1.54, 1.807) is 12.1 Å².